The van der Waals surface area contributed by atoms with E-state index in [0.29, 0.717) is 18.1 Å². The zero-order chi connectivity index (χ0) is 17.5. The van der Waals surface area contributed by atoms with Crippen LogP contribution in [0.5, 0.6) is 0 Å². The van der Waals surface area contributed by atoms with E-state index >= 15 is 0 Å². The van der Waals surface area contributed by atoms with E-state index < -0.39 is 0 Å². The molecular weight excluding hydrogens is 356 g/mol. The lowest BCUT2D eigenvalue weighted by Gasteiger charge is -2.24. The molecule has 0 saturated carbocycles. The SMILES string of the molecule is O=C(CN(Cc1cccs1)CC1CCCO1)NCc1ccccc1Cl. The molecule has 0 aliphatic carbocycles. The Morgan fingerprint density at radius 3 is 2.92 bits per heavy atom. The molecule has 0 radical (unpaired) electrons. The van der Waals surface area contributed by atoms with Crippen LogP contribution in [0.15, 0.2) is 41.8 Å². The van der Waals surface area contributed by atoms with Gasteiger partial charge >= 0.3 is 0 Å². The van der Waals surface area contributed by atoms with E-state index in [1.54, 1.807) is 11.3 Å². The Morgan fingerprint density at radius 1 is 1.32 bits per heavy atom. The van der Waals surface area contributed by atoms with E-state index in [4.69, 9.17) is 16.3 Å². The molecule has 6 heteroatoms. The molecule has 1 aromatic heterocycles. The van der Waals surface area contributed by atoms with Crippen LogP contribution in [-0.4, -0.2) is 36.6 Å². The molecule has 1 aliphatic rings. The summed E-state index contributed by atoms with van der Waals surface area (Å²) < 4.78 is 5.74. The highest BCUT2D eigenvalue weighted by Gasteiger charge is 2.21. The highest BCUT2D eigenvalue weighted by atomic mass is 35.5. The first-order chi connectivity index (χ1) is 12.2. The Bertz CT molecular complexity index is 672. The summed E-state index contributed by atoms with van der Waals surface area (Å²) in [6, 6.07) is 11.7. The number of carbonyl (C=O) groups excluding carboxylic acids is 1. The molecule has 1 fully saturated rings. The van der Waals surface area contributed by atoms with Crippen molar-refractivity contribution < 1.29 is 9.53 Å². The van der Waals surface area contributed by atoms with Gasteiger partial charge in [0.1, 0.15) is 0 Å². The van der Waals surface area contributed by atoms with Gasteiger partial charge in [0.25, 0.3) is 0 Å². The second-order valence-corrected chi connectivity index (χ2v) is 7.69. The lowest BCUT2D eigenvalue weighted by Crippen LogP contribution is -2.40. The molecule has 1 saturated heterocycles. The number of halogens is 1. The number of hydrogen-bond acceptors (Lipinski definition) is 4. The molecule has 1 atom stereocenters. The van der Waals surface area contributed by atoms with Crippen LogP contribution in [0, 0.1) is 0 Å². The summed E-state index contributed by atoms with van der Waals surface area (Å²) in [5.41, 5.74) is 0.932. The maximum atomic E-state index is 12.4. The van der Waals surface area contributed by atoms with Gasteiger partial charge in [-0.3, -0.25) is 9.69 Å². The number of amides is 1. The van der Waals surface area contributed by atoms with Gasteiger partial charge in [-0.15, -0.1) is 11.3 Å². The standard InChI is InChI=1S/C19H23ClN2O2S/c20-18-8-2-1-5-15(18)11-21-19(23)14-22(12-16-6-3-9-24-16)13-17-7-4-10-25-17/h1-2,4-5,7-8,10,16H,3,6,9,11-14H2,(H,21,23). The van der Waals surface area contributed by atoms with Crippen LogP contribution < -0.4 is 5.32 Å². The molecule has 2 heterocycles. The minimum absolute atomic E-state index is 0.00877. The van der Waals surface area contributed by atoms with E-state index in [1.165, 1.54) is 4.88 Å². The van der Waals surface area contributed by atoms with Crippen LogP contribution in [-0.2, 0) is 22.6 Å². The smallest absolute Gasteiger partial charge is 0.234 e. The first-order valence-corrected chi connectivity index (χ1v) is 9.83. The zero-order valence-corrected chi connectivity index (χ0v) is 15.7. The molecule has 25 heavy (non-hydrogen) atoms. The molecule has 0 spiro atoms. The van der Waals surface area contributed by atoms with Gasteiger partial charge in [0.15, 0.2) is 0 Å². The maximum Gasteiger partial charge on any atom is 0.234 e. The molecule has 1 aliphatic heterocycles. The van der Waals surface area contributed by atoms with Gasteiger partial charge in [-0.05, 0) is 35.9 Å². The van der Waals surface area contributed by atoms with Crippen LogP contribution in [0.3, 0.4) is 0 Å². The van der Waals surface area contributed by atoms with Gasteiger partial charge in [-0.25, -0.2) is 0 Å². The Balaban J connectivity index is 1.54. The average Bonchev–Trinajstić information content (AvgIpc) is 3.28. The lowest BCUT2D eigenvalue weighted by molar-refractivity contribution is -0.122. The minimum atomic E-state index is 0.00877. The van der Waals surface area contributed by atoms with Crippen molar-refractivity contribution in [2.75, 3.05) is 19.7 Å². The number of rotatable bonds is 8. The number of nitrogens with one attached hydrogen (secondary N) is 1. The number of nitrogens with zero attached hydrogens (tertiary/aromatic N) is 1. The van der Waals surface area contributed by atoms with E-state index in [9.17, 15) is 4.79 Å². The summed E-state index contributed by atoms with van der Waals surface area (Å²) in [6.07, 6.45) is 2.41. The van der Waals surface area contributed by atoms with Crippen molar-refractivity contribution >= 4 is 28.8 Å². The average molecular weight is 379 g/mol. The second kappa shape index (κ2) is 9.34. The predicted octanol–water partition coefficient (Wildman–Crippen LogP) is 3.70. The first-order valence-electron chi connectivity index (χ1n) is 8.57. The predicted molar refractivity (Wildman–Crippen MR) is 102 cm³/mol. The van der Waals surface area contributed by atoms with Crippen LogP contribution in [0.4, 0.5) is 0 Å². The molecule has 1 aromatic carbocycles. The van der Waals surface area contributed by atoms with E-state index in [2.05, 4.69) is 21.7 Å². The first kappa shape index (κ1) is 18.4. The third-order valence-corrected chi connectivity index (χ3v) is 5.48. The quantitative estimate of drug-likeness (QED) is 0.761. The fraction of sp³-hybridized carbons (Fsp3) is 0.421. The van der Waals surface area contributed by atoms with Crippen molar-refractivity contribution in [3.05, 3.63) is 57.2 Å². The summed E-state index contributed by atoms with van der Waals surface area (Å²) in [6.45, 7) is 3.21. The Labute approximate surface area is 157 Å². The van der Waals surface area contributed by atoms with E-state index in [0.717, 1.165) is 38.1 Å². The number of carbonyl (C=O) groups is 1. The van der Waals surface area contributed by atoms with Crippen molar-refractivity contribution in [2.24, 2.45) is 0 Å². The molecule has 1 unspecified atom stereocenters. The highest BCUT2D eigenvalue weighted by Crippen LogP contribution is 2.17. The monoisotopic (exact) mass is 378 g/mol. The number of ether oxygens (including phenoxy) is 1. The fourth-order valence-electron chi connectivity index (χ4n) is 2.98. The van der Waals surface area contributed by atoms with Crippen LogP contribution in [0.25, 0.3) is 0 Å². The third-order valence-electron chi connectivity index (χ3n) is 4.25. The zero-order valence-electron chi connectivity index (χ0n) is 14.1. The molecule has 0 bridgehead atoms. The van der Waals surface area contributed by atoms with Gasteiger partial charge < -0.3 is 10.1 Å². The number of hydrogen-bond donors (Lipinski definition) is 1. The third kappa shape index (κ3) is 5.82. The van der Waals surface area contributed by atoms with Gasteiger partial charge in [0.2, 0.25) is 5.91 Å². The summed E-state index contributed by atoms with van der Waals surface area (Å²) in [5.74, 6) is 0.00877. The molecule has 3 rings (SSSR count). The summed E-state index contributed by atoms with van der Waals surface area (Å²) in [4.78, 5) is 15.8. The molecule has 1 amide bonds. The fourth-order valence-corrected chi connectivity index (χ4v) is 3.93. The summed E-state index contributed by atoms with van der Waals surface area (Å²) in [7, 11) is 0. The van der Waals surface area contributed by atoms with Gasteiger partial charge in [0.05, 0.1) is 12.6 Å². The van der Waals surface area contributed by atoms with Crippen molar-refractivity contribution in [1.29, 1.82) is 0 Å². The van der Waals surface area contributed by atoms with Crippen molar-refractivity contribution in [3.8, 4) is 0 Å². The second-order valence-electron chi connectivity index (χ2n) is 6.25. The number of benzene rings is 1. The molecule has 134 valence electrons. The minimum Gasteiger partial charge on any atom is -0.377 e. The Kier molecular flexibility index (Phi) is 6.87. The van der Waals surface area contributed by atoms with Crippen molar-refractivity contribution in [1.82, 2.24) is 10.2 Å². The Hall–Kier alpha value is -1.40. The largest absolute Gasteiger partial charge is 0.377 e. The molecular formula is C19H23ClN2O2S. The number of thiophene rings is 1. The van der Waals surface area contributed by atoms with E-state index in [1.807, 2.05) is 30.3 Å². The summed E-state index contributed by atoms with van der Waals surface area (Å²) >= 11 is 7.86. The van der Waals surface area contributed by atoms with Crippen molar-refractivity contribution in [2.45, 2.75) is 32.0 Å². The van der Waals surface area contributed by atoms with Gasteiger partial charge in [-0.2, -0.15) is 0 Å². The van der Waals surface area contributed by atoms with E-state index in [-0.39, 0.29) is 12.0 Å². The van der Waals surface area contributed by atoms with Crippen LogP contribution >= 0.6 is 22.9 Å². The lowest BCUT2D eigenvalue weighted by atomic mass is 10.2. The molecule has 1 N–H and O–H groups in total. The normalized spacial score (nSPS) is 17.1. The van der Waals surface area contributed by atoms with Crippen LogP contribution in [0.2, 0.25) is 5.02 Å². The Morgan fingerprint density at radius 2 is 2.20 bits per heavy atom. The van der Waals surface area contributed by atoms with Gasteiger partial charge in [0, 0.05) is 36.1 Å². The topological polar surface area (TPSA) is 41.6 Å². The molecule has 4 nitrogen and oxygen atoms in total. The van der Waals surface area contributed by atoms with Crippen molar-refractivity contribution in [3.63, 3.8) is 0 Å². The highest BCUT2D eigenvalue weighted by molar-refractivity contribution is 7.09. The van der Waals surface area contributed by atoms with Crippen LogP contribution in [0.1, 0.15) is 23.3 Å². The molecule has 2 aromatic rings. The maximum absolute atomic E-state index is 12.4. The summed E-state index contributed by atoms with van der Waals surface area (Å²) in [5, 5.41) is 5.72. The van der Waals surface area contributed by atoms with Gasteiger partial charge in [-0.1, -0.05) is 35.9 Å².